The lowest BCUT2D eigenvalue weighted by Gasteiger charge is -2.20. The molecule has 1 heterocycles. The average Bonchev–Trinajstić information content (AvgIpc) is 3.57. The summed E-state index contributed by atoms with van der Waals surface area (Å²) in [6.07, 6.45) is 4.00. The maximum atomic E-state index is 13.1. The van der Waals surface area contributed by atoms with Crippen molar-refractivity contribution in [2.45, 2.75) is 30.5 Å². The van der Waals surface area contributed by atoms with Crippen LogP contribution in [-0.2, 0) is 11.3 Å². The number of benzene rings is 2. The number of amides is 1. The van der Waals surface area contributed by atoms with E-state index in [0.29, 0.717) is 40.0 Å². The first-order valence-corrected chi connectivity index (χ1v) is 11.3. The number of carbonyl (C=O) groups excluding carboxylic acids is 3. The molecule has 160 valence electrons. The quantitative estimate of drug-likeness (QED) is 0.344. The van der Waals surface area contributed by atoms with E-state index in [2.05, 4.69) is 22.1 Å². The third kappa shape index (κ3) is 3.56. The molecule has 0 bridgehead atoms. The molecule has 1 amide bonds. The topological polar surface area (TPSA) is 94.0 Å². The molecule has 1 saturated carbocycles. The van der Waals surface area contributed by atoms with Crippen LogP contribution in [0.25, 0.3) is 0 Å². The number of nitrogens with zero attached hydrogens (tertiary/aromatic N) is 3. The Morgan fingerprint density at radius 1 is 1.06 bits per heavy atom. The van der Waals surface area contributed by atoms with Crippen molar-refractivity contribution >= 4 is 34.9 Å². The molecule has 0 unspecified atom stereocenters. The molecule has 1 fully saturated rings. The highest BCUT2D eigenvalue weighted by atomic mass is 32.2. The molecule has 0 spiro atoms. The van der Waals surface area contributed by atoms with Gasteiger partial charge in [0.25, 0.3) is 0 Å². The van der Waals surface area contributed by atoms with Crippen molar-refractivity contribution in [3.05, 3.63) is 83.2 Å². The maximum absolute atomic E-state index is 13.1. The molecule has 0 saturated heterocycles. The van der Waals surface area contributed by atoms with Crippen LogP contribution in [0.1, 0.15) is 56.4 Å². The van der Waals surface area contributed by atoms with Crippen molar-refractivity contribution in [1.29, 1.82) is 0 Å². The summed E-state index contributed by atoms with van der Waals surface area (Å²) in [6.45, 7) is 4.38. The van der Waals surface area contributed by atoms with E-state index in [-0.39, 0.29) is 28.8 Å². The van der Waals surface area contributed by atoms with Gasteiger partial charge in [-0.1, -0.05) is 54.2 Å². The van der Waals surface area contributed by atoms with E-state index < -0.39 is 0 Å². The van der Waals surface area contributed by atoms with Gasteiger partial charge >= 0.3 is 0 Å². The lowest BCUT2D eigenvalue weighted by atomic mass is 9.83. The Kier molecular flexibility index (Phi) is 5.22. The number of thioether (sulfide) groups is 1. The first-order chi connectivity index (χ1) is 15.6. The van der Waals surface area contributed by atoms with E-state index in [1.165, 1.54) is 11.8 Å². The van der Waals surface area contributed by atoms with Crippen LogP contribution in [0, 0.1) is 0 Å². The van der Waals surface area contributed by atoms with Crippen molar-refractivity contribution in [1.82, 2.24) is 14.8 Å². The van der Waals surface area contributed by atoms with Gasteiger partial charge in [-0.2, -0.15) is 0 Å². The SMILES string of the molecule is C=CCn1c(SCC(=O)Nc2cccc3c2C(=O)c2ccccc2C3=O)nnc1C1CC1. The van der Waals surface area contributed by atoms with Gasteiger partial charge in [0.1, 0.15) is 5.82 Å². The first kappa shape index (κ1) is 20.4. The van der Waals surface area contributed by atoms with Crippen molar-refractivity contribution in [3.63, 3.8) is 0 Å². The number of allylic oxidation sites excluding steroid dienone is 1. The highest BCUT2D eigenvalue weighted by Crippen LogP contribution is 2.40. The summed E-state index contributed by atoms with van der Waals surface area (Å²) in [7, 11) is 0. The molecule has 32 heavy (non-hydrogen) atoms. The maximum Gasteiger partial charge on any atom is 0.234 e. The predicted octanol–water partition coefficient (Wildman–Crippen LogP) is 3.85. The van der Waals surface area contributed by atoms with Crippen molar-refractivity contribution in [2.24, 2.45) is 0 Å². The summed E-state index contributed by atoms with van der Waals surface area (Å²) in [5, 5.41) is 12.0. The fourth-order valence-electron chi connectivity index (χ4n) is 3.92. The Balaban J connectivity index is 1.35. The Hall–Kier alpha value is -3.52. The number of rotatable bonds is 7. The third-order valence-corrected chi connectivity index (χ3v) is 6.53. The number of hydrogen-bond donors (Lipinski definition) is 1. The summed E-state index contributed by atoms with van der Waals surface area (Å²) in [4.78, 5) is 38.7. The zero-order valence-corrected chi connectivity index (χ0v) is 18.0. The highest BCUT2D eigenvalue weighted by Gasteiger charge is 2.32. The molecular formula is C24H20N4O3S. The Bertz CT molecular complexity index is 1280. The van der Waals surface area contributed by atoms with Crippen LogP contribution in [0.5, 0.6) is 0 Å². The largest absolute Gasteiger partial charge is 0.325 e. The monoisotopic (exact) mass is 444 g/mol. The van der Waals surface area contributed by atoms with Gasteiger partial charge in [0.05, 0.1) is 17.0 Å². The predicted molar refractivity (Wildman–Crippen MR) is 121 cm³/mol. The summed E-state index contributed by atoms with van der Waals surface area (Å²) in [5.74, 6) is 0.705. The number of aromatic nitrogens is 3. The molecular weight excluding hydrogens is 424 g/mol. The fourth-order valence-corrected chi connectivity index (χ4v) is 4.67. The molecule has 2 aliphatic carbocycles. The third-order valence-electron chi connectivity index (χ3n) is 5.56. The number of carbonyl (C=O) groups is 3. The molecule has 2 aliphatic rings. The lowest BCUT2D eigenvalue weighted by Crippen LogP contribution is -2.24. The van der Waals surface area contributed by atoms with Gasteiger partial charge in [-0.15, -0.1) is 16.8 Å². The van der Waals surface area contributed by atoms with E-state index in [1.807, 2.05) is 4.57 Å². The van der Waals surface area contributed by atoms with Crippen molar-refractivity contribution in [2.75, 3.05) is 11.1 Å². The van der Waals surface area contributed by atoms with Crippen LogP contribution in [0.3, 0.4) is 0 Å². The van der Waals surface area contributed by atoms with E-state index in [0.717, 1.165) is 18.7 Å². The van der Waals surface area contributed by atoms with E-state index in [4.69, 9.17) is 0 Å². The number of anilines is 1. The van der Waals surface area contributed by atoms with Crippen LogP contribution >= 0.6 is 11.8 Å². The first-order valence-electron chi connectivity index (χ1n) is 10.4. The van der Waals surface area contributed by atoms with Crippen LogP contribution in [0.4, 0.5) is 5.69 Å². The summed E-state index contributed by atoms with van der Waals surface area (Å²) in [6, 6.07) is 11.7. The molecule has 0 radical (unpaired) electrons. The lowest BCUT2D eigenvalue weighted by molar-refractivity contribution is -0.113. The fraction of sp³-hybridized carbons (Fsp3) is 0.208. The van der Waals surface area contributed by atoms with E-state index >= 15 is 0 Å². The van der Waals surface area contributed by atoms with Gasteiger partial charge in [0, 0.05) is 29.2 Å². The second-order valence-corrected chi connectivity index (χ2v) is 8.73. The molecule has 0 aliphatic heterocycles. The van der Waals surface area contributed by atoms with Gasteiger partial charge < -0.3 is 9.88 Å². The standard InChI is InChI=1S/C24H20N4O3S/c1-2-12-28-23(14-10-11-14)26-27-24(28)32-13-19(29)25-18-9-5-8-17-20(18)22(31)16-7-4-3-6-15(16)21(17)30/h2-9,14H,1,10-13H2,(H,25,29). The van der Waals surface area contributed by atoms with Crippen LogP contribution < -0.4 is 5.32 Å². The molecule has 7 nitrogen and oxygen atoms in total. The number of nitrogens with one attached hydrogen (secondary N) is 1. The average molecular weight is 445 g/mol. The van der Waals surface area contributed by atoms with Crippen molar-refractivity contribution < 1.29 is 14.4 Å². The molecule has 2 aromatic carbocycles. The highest BCUT2D eigenvalue weighted by molar-refractivity contribution is 7.99. The number of hydrogen-bond acceptors (Lipinski definition) is 6. The Morgan fingerprint density at radius 3 is 2.50 bits per heavy atom. The normalized spacial score (nSPS) is 14.6. The Morgan fingerprint density at radius 2 is 1.78 bits per heavy atom. The van der Waals surface area contributed by atoms with Gasteiger partial charge in [-0.05, 0) is 18.9 Å². The molecule has 5 rings (SSSR count). The Labute approximate surface area is 188 Å². The number of ketones is 2. The van der Waals surface area contributed by atoms with E-state index in [1.54, 1.807) is 48.5 Å². The minimum absolute atomic E-state index is 0.0995. The zero-order chi connectivity index (χ0) is 22.2. The van der Waals surface area contributed by atoms with E-state index in [9.17, 15) is 14.4 Å². The minimum atomic E-state index is -0.288. The van der Waals surface area contributed by atoms with Crippen LogP contribution in [0.15, 0.2) is 60.3 Å². The van der Waals surface area contributed by atoms with Crippen molar-refractivity contribution in [3.8, 4) is 0 Å². The van der Waals surface area contributed by atoms with Gasteiger partial charge in [0.2, 0.25) is 5.91 Å². The number of fused-ring (bicyclic) bond motifs is 2. The summed E-state index contributed by atoms with van der Waals surface area (Å²) < 4.78 is 1.99. The summed E-state index contributed by atoms with van der Waals surface area (Å²) in [5.41, 5.74) is 1.62. The molecule has 3 aromatic rings. The zero-order valence-electron chi connectivity index (χ0n) is 17.2. The molecule has 8 heteroatoms. The second-order valence-electron chi connectivity index (χ2n) is 7.78. The molecule has 1 N–H and O–H groups in total. The van der Waals surface area contributed by atoms with Gasteiger partial charge in [-0.25, -0.2) is 0 Å². The van der Waals surface area contributed by atoms with Gasteiger partial charge in [0.15, 0.2) is 16.7 Å². The minimum Gasteiger partial charge on any atom is -0.325 e. The van der Waals surface area contributed by atoms with Gasteiger partial charge in [-0.3, -0.25) is 14.4 Å². The smallest absolute Gasteiger partial charge is 0.234 e. The van der Waals surface area contributed by atoms with Crippen LogP contribution in [0.2, 0.25) is 0 Å². The molecule has 0 atom stereocenters. The second kappa shape index (κ2) is 8.20. The molecule has 1 aromatic heterocycles. The van der Waals surface area contributed by atoms with Crippen LogP contribution in [-0.4, -0.2) is 38.0 Å². The summed E-state index contributed by atoms with van der Waals surface area (Å²) >= 11 is 1.29.